The van der Waals surface area contributed by atoms with Gasteiger partial charge in [0, 0.05) is 43.1 Å². The van der Waals surface area contributed by atoms with Crippen molar-refractivity contribution >= 4 is 5.69 Å². The van der Waals surface area contributed by atoms with Gasteiger partial charge in [-0.1, -0.05) is 12.1 Å². The molecule has 1 atom stereocenters. The Morgan fingerprint density at radius 2 is 1.95 bits per heavy atom. The first-order valence-electron chi connectivity index (χ1n) is 7.02. The van der Waals surface area contributed by atoms with Gasteiger partial charge in [0.2, 0.25) is 0 Å². The van der Waals surface area contributed by atoms with Crippen LogP contribution in [0.3, 0.4) is 0 Å². The maximum absolute atomic E-state index is 4.07. The molecular weight excluding hydrogens is 260 g/mol. The Balaban J connectivity index is 1.71. The summed E-state index contributed by atoms with van der Waals surface area (Å²) in [6.45, 7) is 2.98. The third kappa shape index (κ3) is 3.48. The zero-order chi connectivity index (χ0) is 14.5. The van der Waals surface area contributed by atoms with E-state index in [1.165, 1.54) is 11.1 Å². The van der Waals surface area contributed by atoms with Crippen LogP contribution in [-0.4, -0.2) is 14.5 Å². The number of nitrogens with zero attached hydrogens (tertiary/aromatic N) is 3. The Morgan fingerprint density at radius 1 is 1.10 bits per heavy atom. The van der Waals surface area contributed by atoms with Crippen molar-refractivity contribution in [1.29, 1.82) is 0 Å². The normalized spacial score (nSPS) is 12.0. The molecule has 0 saturated carbocycles. The first-order chi connectivity index (χ1) is 10.3. The molecular formula is C17H18N4. The molecule has 0 aliphatic heterocycles. The van der Waals surface area contributed by atoms with Crippen LogP contribution in [0.5, 0.6) is 0 Å². The van der Waals surface area contributed by atoms with E-state index in [2.05, 4.69) is 51.0 Å². The molecule has 2 aromatic heterocycles. The molecule has 0 amide bonds. The molecule has 0 spiro atoms. The van der Waals surface area contributed by atoms with Gasteiger partial charge in [0.25, 0.3) is 0 Å². The number of hydrogen-bond donors (Lipinski definition) is 1. The highest BCUT2D eigenvalue weighted by molar-refractivity contribution is 5.47. The molecule has 1 N–H and O–H groups in total. The zero-order valence-electron chi connectivity index (χ0n) is 12.0. The van der Waals surface area contributed by atoms with Crippen LogP contribution in [0.4, 0.5) is 5.69 Å². The molecule has 3 rings (SSSR count). The van der Waals surface area contributed by atoms with Gasteiger partial charge in [-0.2, -0.15) is 0 Å². The second kappa shape index (κ2) is 6.22. The summed E-state index contributed by atoms with van der Waals surface area (Å²) in [7, 11) is 0. The average molecular weight is 278 g/mol. The van der Waals surface area contributed by atoms with Gasteiger partial charge in [0.15, 0.2) is 0 Å². The molecule has 0 saturated heterocycles. The topological polar surface area (TPSA) is 42.7 Å². The van der Waals surface area contributed by atoms with E-state index >= 15 is 0 Å². The predicted molar refractivity (Wildman–Crippen MR) is 84.0 cm³/mol. The van der Waals surface area contributed by atoms with Gasteiger partial charge in [-0.25, -0.2) is 4.98 Å². The molecule has 4 nitrogen and oxygen atoms in total. The molecule has 1 unspecified atom stereocenters. The highest BCUT2D eigenvalue weighted by atomic mass is 15.0. The predicted octanol–water partition coefficient (Wildman–Crippen LogP) is 3.50. The molecule has 0 aliphatic rings. The van der Waals surface area contributed by atoms with E-state index in [0.717, 1.165) is 12.2 Å². The van der Waals surface area contributed by atoms with Crippen LogP contribution >= 0.6 is 0 Å². The minimum absolute atomic E-state index is 0.247. The maximum Gasteiger partial charge on any atom is 0.0949 e. The number of anilines is 1. The molecule has 106 valence electrons. The molecule has 2 heterocycles. The average Bonchev–Trinajstić information content (AvgIpc) is 3.01. The van der Waals surface area contributed by atoms with Gasteiger partial charge in [-0.15, -0.1) is 0 Å². The van der Waals surface area contributed by atoms with Crippen molar-refractivity contribution in [3.63, 3.8) is 0 Å². The lowest BCUT2D eigenvalue weighted by Gasteiger charge is -2.16. The van der Waals surface area contributed by atoms with E-state index in [-0.39, 0.29) is 6.04 Å². The molecule has 3 aromatic rings. The molecule has 0 aliphatic carbocycles. The van der Waals surface area contributed by atoms with Crippen LogP contribution in [0.2, 0.25) is 0 Å². The van der Waals surface area contributed by atoms with Crippen LogP contribution < -0.4 is 5.32 Å². The van der Waals surface area contributed by atoms with E-state index in [9.17, 15) is 0 Å². The van der Waals surface area contributed by atoms with Crippen molar-refractivity contribution in [2.24, 2.45) is 0 Å². The summed E-state index contributed by atoms with van der Waals surface area (Å²) in [6, 6.07) is 12.8. The number of benzene rings is 1. The van der Waals surface area contributed by atoms with E-state index in [1.54, 1.807) is 6.20 Å². The molecule has 1 aromatic carbocycles. The fourth-order valence-corrected chi connectivity index (χ4v) is 2.34. The largest absolute Gasteiger partial charge is 0.379 e. The molecule has 4 heteroatoms. The standard InChI is InChI=1S/C17H18N4/c1-14(16-5-7-18-8-6-16)20-17-4-2-3-15(11-17)12-21-10-9-19-13-21/h2-11,13-14,20H,12H2,1H3. The summed E-state index contributed by atoms with van der Waals surface area (Å²) in [5.74, 6) is 0. The van der Waals surface area contributed by atoms with Crippen molar-refractivity contribution in [2.75, 3.05) is 5.32 Å². The summed E-state index contributed by atoms with van der Waals surface area (Å²) < 4.78 is 2.06. The molecule has 0 bridgehead atoms. The minimum Gasteiger partial charge on any atom is -0.379 e. The summed E-state index contributed by atoms with van der Waals surface area (Å²) in [4.78, 5) is 8.12. The summed E-state index contributed by atoms with van der Waals surface area (Å²) >= 11 is 0. The number of hydrogen-bond acceptors (Lipinski definition) is 3. The third-order valence-electron chi connectivity index (χ3n) is 3.44. The smallest absolute Gasteiger partial charge is 0.0949 e. The lowest BCUT2D eigenvalue weighted by molar-refractivity contribution is 0.796. The fourth-order valence-electron chi connectivity index (χ4n) is 2.34. The van der Waals surface area contributed by atoms with Crippen LogP contribution in [0, 0.1) is 0 Å². The van der Waals surface area contributed by atoms with Gasteiger partial charge in [0.1, 0.15) is 0 Å². The Kier molecular flexibility index (Phi) is 3.96. The van der Waals surface area contributed by atoms with Gasteiger partial charge in [-0.05, 0) is 42.3 Å². The first-order valence-corrected chi connectivity index (χ1v) is 7.02. The van der Waals surface area contributed by atoms with Crippen LogP contribution in [0.15, 0.2) is 67.5 Å². The van der Waals surface area contributed by atoms with Crippen LogP contribution in [0.1, 0.15) is 24.1 Å². The number of imidazole rings is 1. The molecule has 21 heavy (non-hydrogen) atoms. The van der Waals surface area contributed by atoms with Crippen molar-refractivity contribution in [1.82, 2.24) is 14.5 Å². The van der Waals surface area contributed by atoms with Crippen molar-refractivity contribution < 1.29 is 0 Å². The number of pyridine rings is 1. The van der Waals surface area contributed by atoms with Crippen molar-refractivity contribution in [3.05, 3.63) is 78.6 Å². The van der Waals surface area contributed by atoms with Gasteiger partial charge < -0.3 is 9.88 Å². The zero-order valence-corrected chi connectivity index (χ0v) is 12.0. The van der Waals surface area contributed by atoms with E-state index < -0.39 is 0 Å². The fraction of sp³-hybridized carbons (Fsp3) is 0.176. The second-order valence-electron chi connectivity index (χ2n) is 5.08. The SMILES string of the molecule is CC(Nc1cccc(Cn2ccnc2)c1)c1ccncc1. The Morgan fingerprint density at radius 3 is 2.71 bits per heavy atom. The maximum atomic E-state index is 4.07. The van der Waals surface area contributed by atoms with E-state index in [1.807, 2.05) is 37.1 Å². The third-order valence-corrected chi connectivity index (χ3v) is 3.44. The Hall–Kier alpha value is -2.62. The van der Waals surface area contributed by atoms with Crippen LogP contribution in [0.25, 0.3) is 0 Å². The number of aromatic nitrogens is 3. The number of nitrogens with one attached hydrogen (secondary N) is 1. The van der Waals surface area contributed by atoms with Crippen molar-refractivity contribution in [3.8, 4) is 0 Å². The molecule has 0 radical (unpaired) electrons. The quantitative estimate of drug-likeness (QED) is 0.776. The lowest BCUT2D eigenvalue weighted by Crippen LogP contribution is -2.07. The van der Waals surface area contributed by atoms with Gasteiger partial charge in [-0.3, -0.25) is 4.98 Å². The number of rotatable bonds is 5. The van der Waals surface area contributed by atoms with E-state index in [4.69, 9.17) is 0 Å². The highest BCUT2D eigenvalue weighted by Crippen LogP contribution is 2.19. The second-order valence-corrected chi connectivity index (χ2v) is 5.08. The summed E-state index contributed by atoms with van der Waals surface area (Å²) in [5, 5.41) is 3.53. The Labute approximate surface area is 124 Å². The van der Waals surface area contributed by atoms with Gasteiger partial charge >= 0.3 is 0 Å². The molecule has 0 fully saturated rings. The first kappa shape index (κ1) is 13.4. The van der Waals surface area contributed by atoms with E-state index in [0.29, 0.717) is 0 Å². The highest BCUT2D eigenvalue weighted by Gasteiger charge is 2.05. The van der Waals surface area contributed by atoms with Crippen molar-refractivity contribution in [2.45, 2.75) is 19.5 Å². The summed E-state index contributed by atoms with van der Waals surface area (Å²) in [6.07, 6.45) is 9.25. The summed E-state index contributed by atoms with van der Waals surface area (Å²) in [5.41, 5.74) is 3.60. The lowest BCUT2D eigenvalue weighted by atomic mass is 10.1. The minimum atomic E-state index is 0.247. The Bertz CT molecular complexity index is 677. The monoisotopic (exact) mass is 278 g/mol. The van der Waals surface area contributed by atoms with Crippen LogP contribution in [-0.2, 0) is 6.54 Å². The van der Waals surface area contributed by atoms with Gasteiger partial charge in [0.05, 0.1) is 6.33 Å².